The van der Waals surface area contributed by atoms with E-state index in [0.717, 1.165) is 24.2 Å². The molecule has 2 amide bonds. The number of halogens is 1. The molecule has 0 N–H and O–H groups in total. The standard InChI is InChI=1S/C25H33ClN2O3/c1-17(31-22-4-2-21(26)3-5-22)24(30)28-8-6-27(7-9-28)23(29)16-25-13-18-10-19(14-25)12-20(11-18)15-25/h2-5,17-20H,6-16H2,1H3. The Morgan fingerprint density at radius 1 is 0.968 bits per heavy atom. The average Bonchev–Trinajstić information content (AvgIpc) is 2.73. The van der Waals surface area contributed by atoms with Crippen LogP contribution in [0.4, 0.5) is 0 Å². The van der Waals surface area contributed by atoms with E-state index in [1.54, 1.807) is 31.2 Å². The maximum Gasteiger partial charge on any atom is 0.263 e. The number of hydrogen-bond acceptors (Lipinski definition) is 3. The van der Waals surface area contributed by atoms with Gasteiger partial charge in [0.1, 0.15) is 5.75 Å². The van der Waals surface area contributed by atoms with Gasteiger partial charge in [-0.3, -0.25) is 9.59 Å². The first-order valence-corrected chi connectivity index (χ1v) is 12.3. The monoisotopic (exact) mass is 444 g/mol. The summed E-state index contributed by atoms with van der Waals surface area (Å²) in [6.45, 7) is 4.20. The number of ether oxygens (including phenoxy) is 1. The number of nitrogens with zero attached hydrogens (tertiary/aromatic N) is 2. The van der Waals surface area contributed by atoms with Gasteiger partial charge in [0.15, 0.2) is 6.10 Å². The molecule has 0 spiro atoms. The summed E-state index contributed by atoms with van der Waals surface area (Å²) in [6, 6.07) is 7.05. The molecule has 1 heterocycles. The van der Waals surface area contributed by atoms with Crippen LogP contribution in [0.2, 0.25) is 5.02 Å². The van der Waals surface area contributed by atoms with E-state index in [1.807, 2.05) is 9.80 Å². The number of rotatable bonds is 5. The van der Waals surface area contributed by atoms with E-state index < -0.39 is 6.10 Å². The fourth-order valence-electron chi connectivity index (χ4n) is 7.14. The van der Waals surface area contributed by atoms with Gasteiger partial charge in [-0.1, -0.05) is 11.6 Å². The van der Waals surface area contributed by atoms with Gasteiger partial charge in [0, 0.05) is 37.6 Å². The molecule has 31 heavy (non-hydrogen) atoms. The molecule has 168 valence electrons. The molecule has 1 aromatic rings. The molecule has 1 aliphatic heterocycles. The van der Waals surface area contributed by atoms with Crippen LogP contribution in [0.15, 0.2) is 24.3 Å². The number of hydrogen-bond donors (Lipinski definition) is 0. The van der Waals surface area contributed by atoms with Gasteiger partial charge in [0.25, 0.3) is 5.91 Å². The van der Waals surface area contributed by atoms with Crippen molar-refractivity contribution in [2.24, 2.45) is 23.2 Å². The topological polar surface area (TPSA) is 49.9 Å². The molecule has 0 aromatic heterocycles. The van der Waals surface area contributed by atoms with Crippen molar-refractivity contribution in [2.45, 2.75) is 58.0 Å². The Bertz CT molecular complexity index is 796. The van der Waals surface area contributed by atoms with Gasteiger partial charge < -0.3 is 14.5 Å². The maximum absolute atomic E-state index is 13.1. The van der Waals surface area contributed by atoms with Gasteiger partial charge in [-0.05, 0) is 92.9 Å². The molecule has 5 aliphatic rings. The highest BCUT2D eigenvalue weighted by Crippen LogP contribution is 2.61. The lowest BCUT2D eigenvalue weighted by Gasteiger charge is -2.57. The van der Waals surface area contributed by atoms with Crippen LogP contribution >= 0.6 is 11.6 Å². The number of amides is 2. The van der Waals surface area contributed by atoms with Crippen molar-refractivity contribution < 1.29 is 14.3 Å². The fourth-order valence-corrected chi connectivity index (χ4v) is 7.27. The quantitative estimate of drug-likeness (QED) is 0.677. The van der Waals surface area contributed by atoms with Crippen molar-refractivity contribution in [1.82, 2.24) is 9.80 Å². The number of carbonyl (C=O) groups is 2. The van der Waals surface area contributed by atoms with Crippen LogP contribution in [-0.4, -0.2) is 53.9 Å². The second-order valence-electron chi connectivity index (χ2n) is 10.5. The third-order valence-electron chi connectivity index (χ3n) is 8.11. The van der Waals surface area contributed by atoms with Crippen LogP contribution in [0.5, 0.6) is 5.75 Å². The maximum atomic E-state index is 13.1. The summed E-state index contributed by atoms with van der Waals surface area (Å²) >= 11 is 5.91. The van der Waals surface area contributed by atoms with Crippen molar-refractivity contribution in [1.29, 1.82) is 0 Å². The van der Waals surface area contributed by atoms with E-state index in [4.69, 9.17) is 16.3 Å². The van der Waals surface area contributed by atoms with E-state index in [2.05, 4.69) is 0 Å². The SMILES string of the molecule is CC(Oc1ccc(Cl)cc1)C(=O)N1CCN(C(=O)CC23CC4CC(CC(C4)C2)C3)CC1. The van der Waals surface area contributed by atoms with Crippen molar-refractivity contribution in [3.05, 3.63) is 29.3 Å². The minimum atomic E-state index is -0.560. The lowest BCUT2D eigenvalue weighted by atomic mass is 9.49. The fraction of sp³-hybridized carbons (Fsp3) is 0.680. The molecule has 1 unspecified atom stereocenters. The zero-order valence-electron chi connectivity index (χ0n) is 18.4. The lowest BCUT2D eigenvalue weighted by molar-refractivity contribution is -0.147. The first-order valence-electron chi connectivity index (χ1n) is 11.9. The lowest BCUT2D eigenvalue weighted by Crippen LogP contribution is -2.54. The van der Waals surface area contributed by atoms with Gasteiger partial charge in [-0.15, -0.1) is 0 Å². The minimum absolute atomic E-state index is 0.0249. The summed E-state index contributed by atoms with van der Waals surface area (Å²) < 4.78 is 5.79. The number of benzene rings is 1. The van der Waals surface area contributed by atoms with E-state index in [1.165, 1.54) is 38.5 Å². The van der Waals surface area contributed by atoms with Crippen molar-refractivity contribution >= 4 is 23.4 Å². The van der Waals surface area contributed by atoms with Crippen molar-refractivity contribution in [3.8, 4) is 5.75 Å². The Hall–Kier alpha value is -1.75. The smallest absolute Gasteiger partial charge is 0.263 e. The van der Waals surface area contributed by atoms with Gasteiger partial charge in [-0.25, -0.2) is 0 Å². The van der Waals surface area contributed by atoms with Gasteiger partial charge in [-0.2, -0.15) is 0 Å². The van der Waals surface area contributed by atoms with Crippen molar-refractivity contribution in [2.75, 3.05) is 26.2 Å². The molecule has 4 bridgehead atoms. The van der Waals surface area contributed by atoms with E-state index in [-0.39, 0.29) is 11.3 Å². The minimum Gasteiger partial charge on any atom is -0.481 e. The molecule has 5 fully saturated rings. The predicted molar refractivity (Wildman–Crippen MR) is 120 cm³/mol. The largest absolute Gasteiger partial charge is 0.481 e. The molecular formula is C25H33ClN2O3. The van der Waals surface area contributed by atoms with Gasteiger partial charge >= 0.3 is 0 Å². The summed E-state index contributed by atoms with van der Waals surface area (Å²) in [6.07, 6.45) is 8.18. The van der Waals surface area contributed by atoms with E-state index in [0.29, 0.717) is 42.9 Å². The summed E-state index contributed by atoms with van der Waals surface area (Å²) in [4.78, 5) is 29.8. The highest BCUT2D eigenvalue weighted by molar-refractivity contribution is 6.30. The summed E-state index contributed by atoms with van der Waals surface area (Å²) in [5.41, 5.74) is 0.278. The third kappa shape index (κ3) is 4.44. The van der Waals surface area contributed by atoms with Gasteiger partial charge in [0.05, 0.1) is 0 Å². The van der Waals surface area contributed by atoms with Crippen LogP contribution in [0.3, 0.4) is 0 Å². The summed E-state index contributed by atoms with van der Waals surface area (Å²) in [5, 5.41) is 0.640. The van der Waals surface area contributed by atoms with E-state index >= 15 is 0 Å². The Kier molecular flexibility index (Phi) is 5.66. The van der Waals surface area contributed by atoms with Crippen LogP contribution in [-0.2, 0) is 9.59 Å². The Balaban J connectivity index is 1.12. The van der Waals surface area contributed by atoms with Crippen molar-refractivity contribution in [3.63, 3.8) is 0 Å². The Morgan fingerprint density at radius 3 is 2.03 bits per heavy atom. The zero-order valence-corrected chi connectivity index (χ0v) is 19.2. The van der Waals surface area contributed by atoms with Crippen LogP contribution < -0.4 is 4.74 Å². The van der Waals surface area contributed by atoms with E-state index in [9.17, 15) is 9.59 Å². The molecule has 4 aliphatic carbocycles. The first-order chi connectivity index (χ1) is 14.9. The molecule has 5 nitrogen and oxygen atoms in total. The zero-order chi connectivity index (χ0) is 21.6. The van der Waals surface area contributed by atoms with Crippen LogP contribution in [0.1, 0.15) is 51.9 Å². The number of piperazine rings is 1. The first kappa shape index (κ1) is 21.1. The molecule has 0 radical (unpaired) electrons. The Labute approximate surface area is 190 Å². The predicted octanol–water partition coefficient (Wildman–Crippen LogP) is 4.38. The van der Waals surface area contributed by atoms with Gasteiger partial charge in [0.2, 0.25) is 5.91 Å². The average molecular weight is 445 g/mol. The normalized spacial score (nSPS) is 32.8. The summed E-state index contributed by atoms with van der Waals surface area (Å²) in [7, 11) is 0. The second kappa shape index (κ2) is 8.31. The Morgan fingerprint density at radius 2 is 1.48 bits per heavy atom. The molecule has 6 rings (SSSR count). The molecule has 1 atom stereocenters. The molecule has 1 saturated heterocycles. The molecule has 4 saturated carbocycles. The molecule has 1 aromatic carbocycles. The molecule has 6 heteroatoms. The summed E-state index contributed by atoms with van der Waals surface area (Å²) in [5.74, 6) is 3.53. The highest BCUT2D eigenvalue weighted by atomic mass is 35.5. The van der Waals surface area contributed by atoms with Crippen LogP contribution in [0.25, 0.3) is 0 Å². The van der Waals surface area contributed by atoms with Crippen LogP contribution in [0, 0.1) is 23.2 Å². The third-order valence-corrected chi connectivity index (χ3v) is 8.36. The highest BCUT2D eigenvalue weighted by Gasteiger charge is 2.51. The second-order valence-corrected chi connectivity index (χ2v) is 11.0. The molecular weight excluding hydrogens is 412 g/mol. The number of carbonyl (C=O) groups excluding carboxylic acids is 2.